The quantitative estimate of drug-likeness (QED) is 0.0261. The number of rotatable bonds is 51. The van der Waals surface area contributed by atoms with E-state index in [0.717, 1.165) is 109 Å². The molecule has 0 bridgehead atoms. The molecule has 0 aliphatic carbocycles. The molecule has 1 atom stereocenters. The van der Waals surface area contributed by atoms with Gasteiger partial charge in [-0.05, 0) is 122 Å². The molecule has 0 spiro atoms. The van der Waals surface area contributed by atoms with Gasteiger partial charge in [0.25, 0.3) is 0 Å². The average Bonchev–Trinajstić information content (AvgIpc) is 3.37. The molecule has 0 saturated carbocycles. The first-order chi connectivity index (χ1) is 35.0. The first-order valence-corrected chi connectivity index (χ1v) is 29.0. The number of hydrogen-bond donors (Lipinski definition) is 0. The van der Waals surface area contributed by atoms with Gasteiger partial charge in [0.2, 0.25) is 0 Å². The fourth-order valence-corrected chi connectivity index (χ4v) is 7.59. The summed E-state index contributed by atoms with van der Waals surface area (Å²) in [5.41, 5.74) is 0. The molecule has 6 nitrogen and oxygen atoms in total. The van der Waals surface area contributed by atoms with E-state index in [9.17, 15) is 14.4 Å². The average molecular weight is 984 g/mol. The van der Waals surface area contributed by atoms with Crippen molar-refractivity contribution in [1.82, 2.24) is 0 Å². The van der Waals surface area contributed by atoms with Crippen LogP contribution in [0.2, 0.25) is 0 Å². The predicted molar refractivity (Wildman–Crippen MR) is 306 cm³/mol. The second-order valence-corrected chi connectivity index (χ2v) is 18.8. The molecule has 0 aliphatic heterocycles. The van der Waals surface area contributed by atoms with E-state index in [2.05, 4.69) is 130 Å². The lowest BCUT2D eigenvalue weighted by Crippen LogP contribution is -2.30. The fraction of sp³-hybridized carbons (Fsp3) is 0.646. The molecule has 0 aliphatic rings. The first kappa shape index (κ1) is 66.8. The maximum Gasteiger partial charge on any atom is 0.306 e. The number of unbranched alkanes of at least 4 members (excludes halogenated alkanes) is 20. The van der Waals surface area contributed by atoms with Crippen molar-refractivity contribution >= 4 is 17.9 Å². The van der Waals surface area contributed by atoms with Gasteiger partial charge in [-0.3, -0.25) is 14.4 Å². The summed E-state index contributed by atoms with van der Waals surface area (Å²) in [6, 6.07) is 0. The number of esters is 3. The van der Waals surface area contributed by atoms with Crippen LogP contribution in [0.5, 0.6) is 0 Å². The Labute approximate surface area is 437 Å². The van der Waals surface area contributed by atoms with E-state index >= 15 is 0 Å². The molecule has 0 aromatic rings. The number of allylic oxidation sites excluding steroid dienone is 20. The van der Waals surface area contributed by atoms with Crippen molar-refractivity contribution in [3.63, 3.8) is 0 Å². The van der Waals surface area contributed by atoms with Crippen LogP contribution < -0.4 is 0 Å². The zero-order valence-corrected chi connectivity index (χ0v) is 45.9. The number of ether oxygens (including phenoxy) is 3. The highest BCUT2D eigenvalue weighted by atomic mass is 16.6. The Hall–Kier alpha value is -4.19. The molecule has 0 radical (unpaired) electrons. The predicted octanol–water partition coefficient (Wildman–Crippen LogP) is 19.6. The molecule has 0 unspecified atom stereocenters. The van der Waals surface area contributed by atoms with Crippen LogP contribution in [0.4, 0.5) is 0 Å². The lowest BCUT2D eigenvalue weighted by atomic mass is 10.1. The van der Waals surface area contributed by atoms with Crippen LogP contribution >= 0.6 is 0 Å². The van der Waals surface area contributed by atoms with Gasteiger partial charge in [-0.1, -0.05) is 232 Å². The third-order valence-electron chi connectivity index (χ3n) is 11.9. The summed E-state index contributed by atoms with van der Waals surface area (Å²) in [4.78, 5) is 38.2. The van der Waals surface area contributed by atoms with E-state index in [-0.39, 0.29) is 31.6 Å². The molecule has 0 aromatic heterocycles. The molecular formula is C65H106O6. The fourth-order valence-electron chi connectivity index (χ4n) is 7.59. The van der Waals surface area contributed by atoms with Crippen LogP contribution in [0.1, 0.15) is 252 Å². The second kappa shape index (κ2) is 58.4. The van der Waals surface area contributed by atoms with E-state index in [1.807, 2.05) is 12.2 Å². The van der Waals surface area contributed by atoms with Crippen LogP contribution in [0.3, 0.4) is 0 Å². The van der Waals surface area contributed by atoms with Crippen LogP contribution in [0.15, 0.2) is 122 Å². The van der Waals surface area contributed by atoms with Crippen LogP contribution in [0, 0.1) is 0 Å². The zero-order chi connectivity index (χ0) is 51.4. The zero-order valence-electron chi connectivity index (χ0n) is 45.9. The minimum Gasteiger partial charge on any atom is -0.462 e. The second-order valence-electron chi connectivity index (χ2n) is 18.8. The van der Waals surface area contributed by atoms with Gasteiger partial charge in [0.15, 0.2) is 6.10 Å². The largest absolute Gasteiger partial charge is 0.462 e. The standard InChI is InChI=1S/C65H106O6/c1-4-7-10-13-16-19-22-25-28-30-32-34-37-40-43-46-49-52-55-58-64(67)70-61-62(60-69-63(66)57-54-51-48-45-42-39-36-27-24-21-18-15-12-9-6-3)71-65(68)59-56-53-50-47-44-41-38-35-33-31-29-26-23-20-17-14-11-8-5-2/h8,11,16-21,25-29,33,35-36,41,44,50,53,62H,4-7,9-10,12-15,22-24,30-32,34,37-40,42-43,45-49,51-52,54-61H2,1-3H3/b11-8-,19-16-,20-17-,21-18-,28-25-,29-26-,35-33-,36-27-,44-41-,53-50-/t62-/m0/s1. The Morgan fingerprint density at radius 3 is 0.915 bits per heavy atom. The molecule has 0 N–H and O–H groups in total. The van der Waals surface area contributed by atoms with Gasteiger partial charge >= 0.3 is 17.9 Å². The normalized spacial score (nSPS) is 13.0. The number of carbonyl (C=O) groups excluding carboxylic acids is 3. The Morgan fingerprint density at radius 2 is 0.577 bits per heavy atom. The van der Waals surface area contributed by atoms with Gasteiger partial charge in [-0.15, -0.1) is 0 Å². The summed E-state index contributed by atoms with van der Waals surface area (Å²) >= 11 is 0. The van der Waals surface area contributed by atoms with Crippen molar-refractivity contribution in [3.05, 3.63) is 122 Å². The van der Waals surface area contributed by atoms with E-state index in [0.29, 0.717) is 19.3 Å². The van der Waals surface area contributed by atoms with Gasteiger partial charge in [-0.25, -0.2) is 0 Å². The first-order valence-electron chi connectivity index (χ1n) is 29.0. The van der Waals surface area contributed by atoms with Crippen molar-refractivity contribution in [2.45, 2.75) is 258 Å². The van der Waals surface area contributed by atoms with Gasteiger partial charge in [0.05, 0.1) is 0 Å². The third kappa shape index (κ3) is 56.6. The van der Waals surface area contributed by atoms with Gasteiger partial charge in [0.1, 0.15) is 13.2 Å². The van der Waals surface area contributed by atoms with Crippen molar-refractivity contribution in [3.8, 4) is 0 Å². The maximum atomic E-state index is 12.8. The Bertz CT molecular complexity index is 1500. The Morgan fingerprint density at radius 1 is 0.296 bits per heavy atom. The van der Waals surface area contributed by atoms with E-state index < -0.39 is 12.1 Å². The van der Waals surface area contributed by atoms with Gasteiger partial charge in [0, 0.05) is 19.3 Å². The molecule has 0 saturated heterocycles. The topological polar surface area (TPSA) is 78.9 Å². The summed E-state index contributed by atoms with van der Waals surface area (Å²) in [6.45, 7) is 6.40. The van der Waals surface area contributed by atoms with E-state index in [4.69, 9.17) is 14.2 Å². The summed E-state index contributed by atoms with van der Waals surface area (Å²) in [5, 5.41) is 0. The van der Waals surface area contributed by atoms with E-state index in [1.54, 1.807) is 0 Å². The van der Waals surface area contributed by atoms with Crippen LogP contribution in [-0.4, -0.2) is 37.2 Å². The van der Waals surface area contributed by atoms with Gasteiger partial charge < -0.3 is 14.2 Å². The molecule has 0 amide bonds. The lowest BCUT2D eigenvalue weighted by Gasteiger charge is -2.18. The Balaban J connectivity index is 4.53. The smallest absolute Gasteiger partial charge is 0.306 e. The van der Waals surface area contributed by atoms with Crippen molar-refractivity contribution in [2.24, 2.45) is 0 Å². The summed E-state index contributed by atoms with van der Waals surface area (Å²) in [5.74, 6) is -1.02. The minimum absolute atomic E-state index is 0.118. The maximum absolute atomic E-state index is 12.8. The molecule has 0 heterocycles. The SMILES string of the molecule is CC/C=C\C/C=C\C/C=C\C/C=C\C/C=C\C/C=C\CCC(=O)O[C@@H](COC(=O)CCCCCCC/C=C\C/C=C\CCCCC)COC(=O)CCCCCCCCCCC/C=C\C/C=C\CCCCC. The van der Waals surface area contributed by atoms with Crippen LogP contribution in [0.25, 0.3) is 0 Å². The van der Waals surface area contributed by atoms with E-state index in [1.165, 1.54) is 96.3 Å². The summed E-state index contributed by atoms with van der Waals surface area (Å²) in [7, 11) is 0. The van der Waals surface area contributed by atoms with Crippen molar-refractivity contribution < 1.29 is 28.6 Å². The minimum atomic E-state index is -0.830. The van der Waals surface area contributed by atoms with Gasteiger partial charge in [-0.2, -0.15) is 0 Å². The molecule has 71 heavy (non-hydrogen) atoms. The number of carbonyl (C=O) groups is 3. The highest BCUT2D eigenvalue weighted by Crippen LogP contribution is 2.14. The monoisotopic (exact) mass is 983 g/mol. The number of hydrogen-bond acceptors (Lipinski definition) is 6. The molecule has 0 fully saturated rings. The van der Waals surface area contributed by atoms with Crippen molar-refractivity contribution in [2.75, 3.05) is 13.2 Å². The molecule has 402 valence electrons. The summed E-state index contributed by atoms with van der Waals surface area (Å²) in [6.07, 6.45) is 80.5. The highest BCUT2D eigenvalue weighted by molar-refractivity contribution is 5.71. The molecule has 6 heteroatoms. The molecule has 0 aromatic carbocycles. The lowest BCUT2D eigenvalue weighted by molar-refractivity contribution is -0.166. The molecule has 0 rings (SSSR count). The molecular weight excluding hydrogens is 877 g/mol. The van der Waals surface area contributed by atoms with Crippen molar-refractivity contribution in [1.29, 1.82) is 0 Å². The third-order valence-corrected chi connectivity index (χ3v) is 11.9. The Kier molecular flexibility index (Phi) is 54.9. The highest BCUT2D eigenvalue weighted by Gasteiger charge is 2.19. The van der Waals surface area contributed by atoms with Crippen LogP contribution in [-0.2, 0) is 28.6 Å². The summed E-state index contributed by atoms with van der Waals surface area (Å²) < 4.78 is 16.8.